The van der Waals surface area contributed by atoms with E-state index in [4.69, 9.17) is 4.74 Å². The fourth-order valence-corrected chi connectivity index (χ4v) is 7.12. The van der Waals surface area contributed by atoms with E-state index in [0.717, 1.165) is 5.56 Å². The normalized spacial score (nSPS) is 20.6. The van der Waals surface area contributed by atoms with E-state index in [0.29, 0.717) is 45.7 Å². The molecule has 0 radical (unpaired) electrons. The topological polar surface area (TPSA) is 113 Å². The third-order valence-corrected chi connectivity index (χ3v) is 9.93. The lowest BCUT2D eigenvalue weighted by molar-refractivity contribution is -0.126. The summed E-state index contributed by atoms with van der Waals surface area (Å²) < 4.78 is 59.3. The Bertz CT molecular complexity index is 1200. The summed E-state index contributed by atoms with van der Waals surface area (Å²) in [6.07, 6.45) is 1.22. The molecule has 2 aliphatic rings. The third kappa shape index (κ3) is 5.49. The Morgan fingerprint density at radius 2 is 1.47 bits per heavy atom. The maximum Gasteiger partial charge on any atom is 0.243 e. The second-order valence-electron chi connectivity index (χ2n) is 8.39. The fraction of sp³-hybridized carbons (Fsp3) is 0.435. The van der Waals surface area contributed by atoms with Gasteiger partial charge in [-0.15, -0.1) is 0 Å². The van der Waals surface area contributed by atoms with Crippen LogP contribution in [0.3, 0.4) is 0 Å². The highest BCUT2D eigenvalue weighted by Gasteiger charge is 2.33. The molecular formula is C23H29N3O6S2. The number of benzene rings is 2. The largest absolute Gasteiger partial charge is 0.379 e. The van der Waals surface area contributed by atoms with Crippen LogP contribution < -0.4 is 5.32 Å². The summed E-state index contributed by atoms with van der Waals surface area (Å²) in [6.45, 7) is 2.19. The maximum absolute atomic E-state index is 12.9. The van der Waals surface area contributed by atoms with Crippen LogP contribution in [-0.2, 0) is 36.1 Å². The Labute approximate surface area is 200 Å². The van der Waals surface area contributed by atoms with Crippen molar-refractivity contribution in [3.05, 3.63) is 60.2 Å². The van der Waals surface area contributed by atoms with Gasteiger partial charge in [-0.1, -0.05) is 30.3 Å². The molecule has 4 rings (SSSR count). The molecule has 0 spiro atoms. The van der Waals surface area contributed by atoms with Gasteiger partial charge in [-0.3, -0.25) is 4.79 Å². The molecule has 11 heteroatoms. The highest BCUT2D eigenvalue weighted by Crippen LogP contribution is 2.24. The van der Waals surface area contributed by atoms with Crippen LogP contribution >= 0.6 is 0 Å². The molecule has 0 saturated carbocycles. The first-order valence-corrected chi connectivity index (χ1v) is 14.2. The summed E-state index contributed by atoms with van der Waals surface area (Å²) in [7, 11) is -7.21. The van der Waals surface area contributed by atoms with Crippen LogP contribution in [0.5, 0.6) is 0 Å². The third-order valence-electron chi connectivity index (χ3n) is 6.13. The number of hydrogen-bond acceptors (Lipinski definition) is 6. The molecule has 0 bridgehead atoms. The van der Waals surface area contributed by atoms with E-state index in [1.54, 1.807) is 54.6 Å². The van der Waals surface area contributed by atoms with Crippen LogP contribution in [0.25, 0.3) is 0 Å². The highest BCUT2D eigenvalue weighted by atomic mass is 32.2. The smallest absolute Gasteiger partial charge is 0.243 e. The molecule has 0 aromatic heterocycles. The molecular weight excluding hydrogens is 478 g/mol. The number of ether oxygens (including phenoxy) is 1. The lowest BCUT2D eigenvalue weighted by Gasteiger charge is -2.31. The average molecular weight is 508 g/mol. The lowest BCUT2D eigenvalue weighted by Crippen LogP contribution is -2.45. The number of carbonyl (C=O) groups excluding carboxylic acids is 1. The van der Waals surface area contributed by atoms with E-state index in [9.17, 15) is 21.6 Å². The predicted molar refractivity (Wildman–Crippen MR) is 126 cm³/mol. The van der Waals surface area contributed by atoms with Crippen molar-refractivity contribution in [2.24, 2.45) is 5.92 Å². The summed E-state index contributed by atoms with van der Waals surface area (Å²) in [5.74, 6) is -0.647. The van der Waals surface area contributed by atoms with Crippen LogP contribution in [0.4, 0.5) is 0 Å². The van der Waals surface area contributed by atoms with Gasteiger partial charge in [0, 0.05) is 32.7 Å². The second-order valence-corrected chi connectivity index (χ2v) is 12.3. The standard InChI is InChI=1S/C23H29N3O6S2/c27-23(20-5-4-12-26(18-20)34(30,31)21-6-2-1-3-7-21)24-17-19-8-10-22(11-9-19)33(28,29)25-13-15-32-16-14-25/h1-3,6-11,20H,4-5,12-18H2,(H,24,27)/t20-/m1/s1. The van der Waals surface area contributed by atoms with Crippen molar-refractivity contribution in [3.8, 4) is 0 Å². The number of sulfonamides is 2. The summed E-state index contributed by atoms with van der Waals surface area (Å²) in [6, 6.07) is 14.7. The fourth-order valence-electron chi connectivity index (χ4n) is 4.17. The Balaban J connectivity index is 1.34. The summed E-state index contributed by atoms with van der Waals surface area (Å²) in [5, 5.41) is 2.87. The van der Waals surface area contributed by atoms with Crippen molar-refractivity contribution < 1.29 is 26.4 Å². The first-order valence-electron chi connectivity index (χ1n) is 11.3. The molecule has 34 heavy (non-hydrogen) atoms. The highest BCUT2D eigenvalue weighted by molar-refractivity contribution is 7.89. The molecule has 1 atom stereocenters. The second kappa shape index (κ2) is 10.5. The number of morpholine rings is 1. The van der Waals surface area contributed by atoms with Crippen molar-refractivity contribution in [1.29, 1.82) is 0 Å². The number of amides is 1. The van der Waals surface area contributed by atoms with Gasteiger partial charge in [-0.25, -0.2) is 16.8 Å². The predicted octanol–water partition coefficient (Wildman–Crippen LogP) is 1.42. The van der Waals surface area contributed by atoms with Gasteiger partial charge in [0.2, 0.25) is 26.0 Å². The molecule has 2 aromatic rings. The molecule has 184 valence electrons. The molecule has 1 N–H and O–H groups in total. The first-order chi connectivity index (χ1) is 16.3. The van der Waals surface area contributed by atoms with E-state index in [1.807, 2.05) is 0 Å². The van der Waals surface area contributed by atoms with Gasteiger partial charge in [0.1, 0.15) is 0 Å². The molecule has 2 aromatic carbocycles. The minimum absolute atomic E-state index is 0.139. The summed E-state index contributed by atoms with van der Waals surface area (Å²) >= 11 is 0. The minimum atomic E-state index is -3.64. The van der Waals surface area contributed by atoms with Crippen LogP contribution in [0.1, 0.15) is 18.4 Å². The van der Waals surface area contributed by atoms with Gasteiger partial charge in [-0.05, 0) is 42.7 Å². The van der Waals surface area contributed by atoms with Crippen molar-refractivity contribution in [2.75, 3.05) is 39.4 Å². The van der Waals surface area contributed by atoms with E-state index in [1.165, 1.54) is 8.61 Å². The van der Waals surface area contributed by atoms with E-state index >= 15 is 0 Å². The number of hydrogen-bond donors (Lipinski definition) is 1. The zero-order valence-corrected chi connectivity index (χ0v) is 20.4. The number of piperidine rings is 1. The van der Waals surface area contributed by atoms with Gasteiger partial charge in [0.25, 0.3) is 0 Å². The van der Waals surface area contributed by atoms with Crippen molar-refractivity contribution in [1.82, 2.24) is 13.9 Å². The Morgan fingerprint density at radius 3 is 2.15 bits per heavy atom. The quantitative estimate of drug-likeness (QED) is 0.607. The molecule has 2 aliphatic heterocycles. The van der Waals surface area contributed by atoms with Gasteiger partial charge >= 0.3 is 0 Å². The molecule has 9 nitrogen and oxygen atoms in total. The van der Waals surface area contributed by atoms with E-state index in [2.05, 4.69) is 5.32 Å². The van der Waals surface area contributed by atoms with Gasteiger partial charge in [0.15, 0.2) is 0 Å². The van der Waals surface area contributed by atoms with Gasteiger partial charge < -0.3 is 10.1 Å². The average Bonchev–Trinajstić information content (AvgIpc) is 2.88. The van der Waals surface area contributed by atoms with Gasteiger partial charge in [0.05, 0.1) is 28.9 Å². The van der Waals surface area contributed by atoms with Crippen LogP contribution in [-0.4, -0.2) is 70.7 Å². The Hall–Kier alpha value is -2.31. The molecule has 2 saturated heterocycles. The summed E-state index contributed by atoms with van der Waals surface area (Å²) in [5.41, 5.74) is 0.763. The molecule has 1 amide bonds. The molecule has 0 aliphatic carbocycles. The Kier molecular flexibility index (Phi) is 7.68. The van der Waals surface area contributed by atoms with Crippen molar-refractivity contribution >= 4 is 26.0 Å². The zero-order valence-electron chi connectivity index (χ0n) is 18.8. The van der Waals surface area contributed by atoms with Crippen LogP contribution in [0, 0.1) is 5.92 Å². The number of carbonyl (C=O) groups is 1. The molecule has 2 fully saturated rings. The lowest BCUT2D eigenvalue weighted by atomic mass is 9.99. The van der Waals surface area contributed by atoms with Crippen molar-refractivity contribution in [2.45, 2.75) is 29.2 Å². The molecule has 0 unspecified atom stereocenters. The van der Waals surface area contributed by atoms with Gasteiger partial charge in [-0.2, -0.15) is 8.61 Å². The number of nitrogens with one attached hydrogen (secondary N) is 1. The number of rotatable bonds is 7. The minimum Gasteiger partial charge on any atom is -0.379 e. The Morgan fingerprint density at radius 1 is 0.853 bits per heavy atom. The SMILES string of the molecule is O=C(NCc1ccc(S(=O)(=O)N2CCOCC2)cc1)[C@@H]1CCCN(S(=O)(=O)c2ccccc2)C1. The maximum atomic E-state index is 12.9. The van der Waals surface area contributed by atoms with Crippen LogP contribution in [0.15, 0.2) is 64.4 Å². The van der Waals surface area contributed by atoms with E-state index < -0.39 is 26.0 Å². The monoisotopic (exact) mass is 507 g/mol. The van der Waals surface area contributed by atoms with E-state index in [-0.39, 0.29) is 28.8 Å². The first kappa shape index (κ1) is 24.8. The molecule has 2 heterocycles. The number of nitrogens with zero attached hydrogens (tertiary/aromatic N) is 2. The summed E-state index contributed by atoms with van der Waals surface area (Å²) in [4.78, 5) is 13.2. The zero-order chi connectivity index (χ0) is 24.2. The van der Waals surface area contributed by atoms with Crippen LogP contribution in [0.2, 0.25) is 0 Å². The van der Waals surface area contributed by atoms with Crippen molar-refractivity contribution in [3.63, 3.8) is 0 Å².